The van der Waals surface area contributed by atoms with Crippen LogP contribution in [0.2, 0.25) is 0 Å². The number of anilines is 1. The van der Waals surface area contributed by atoms with E-state index in [4.69, 9.17) is 23.9 Å². The van der Waals surface area contributed by atoms with Gasteiger partial charge in [-0.1, -0.05) is 12.1 Å². The fourth-order valence-electron chi connectivity index (χ4n) is 3.35. The van der Waals surface area contributed by atoms with E-state index in [2.05, 4.69) is 9.88 Å². The minimum absolute atomic E-state index is 0.400. The number of morpholine rings is 1. The van der Waals surface area contributed by atoms with Crippen LogP contribution in [0, 0.1) is 0 Å². The van der Waals surface area contributed by atoms with Crippen LogP contribution in [0.4, 0.5) is 5.82 Å². The maximum absolute atomic E-state index is 10.7. The van der Waals surface area contributed by atoms with E-state index in [1.54, 1.807) is 24.4 Å². The van der Waals surface area contributed by atoms with Crippen molar-refractivity contribution in [1.29, 1.82) is 0 Å². The molecule has 3 aromatic heterocycles. The van der Waals surface area contributed by atoms with Gasteiger partial charge in [-0.3, -0.25) is 4.79 Å². The Morgan fingerprint density at radius 3 is 2.86 bits per heavy atom. The number of ether oxygens (including phenoxy) is 2. The number of benzene rings is 1. The summed E-state index contributed by atoms with van der Waals surface area (Å²) in [5, 5.41) is 0.830. The molecule has 0 bridgehead atoms. The minimum Gasteiger partial charge on any atom is -0.432 e. The fourth-order valence-corrected chi connectivity index (χ4v) is 3.35. The predicted octanol–water partition coefficient (Wildman–Crippen LogP) is 2.81. The highest BCUT2D eigenvalue weighted by Crippen LogP contribution is 2.34. The average molecular weight is 376 g/mol. The van der Waals surface area contributed by atoms with Crippen LogP contribution >= 0.6 is 0 Å². The van der Waals surface area contributed by atoms with Crippen LogP contribution in [0.5, 0.6) is 5.75 Å². The number of aromatic nitrogens is 3. The average Bonchev–Trinajstić information content (AvgIpc) is 3.13. The molecule has 4 aromatic rings. The number of nitrogens with zero attached hydrogens (tertiary/aromatic N) is 4. The topological polar surface area (TPSA) is 90.6 Å². The fraction of sp³-hybridized carbons (Fsp3) is 0.200. The van der Waals surface area contributed by atoms with E-state index in [-0.39, 0.29) is 0 Å². The molecule has 28 heavy (non-hydrogen) atoms. The molecule has 1 fully saturated rings. The Kier molecular flexibility index (Phi) is 4.10. The lowest BCUT2D eigenvalue weighted by Crippen LogP contribution is -2.37. The highest BCUT2D eigenvalue weighted by atomic mass is 16.5. The summed E-state index contributed by atoms with van der Waals surface area (Å²) in [6.07, 6.45) is 1.69. The molecule has 5 rings (SSSR count). The standard InChI is InChI=1S/C20H16N4O4/c25-12-27-14-4-1-3-13(11-14)18-22-16-15-5-2-6-21-20(15)28-17(16)19(23-18)24-7-9-26-10-8-24/h1-6,11-12H,7-10H2. The van der Waals surface area contributed by atoms with Gasteiger partial charge in [0.15, 0.2) is 17.2 Å². The molecule has 8 nitrogen and oxygen atoms in total. The molecule has 1 aromatic carbocycles. The van der Waals surface area contributed by atoms with Crippen molar-refractivity contribution < 1.29 is 18.7 Å². The third kappa shape index (κ3) is 2.84. The Bertz CT molecular complexity index is 1170. The number of hydrogen-bond donors (Lipinski definition) is 0. The molecule has 0 spiro atoms. The van der Waals surface area contributed by atoms with E-state index in [1.165, 1.54) is 0 Å². The summed E-state index contributed by atoms with van der Waals surface area (Å²) in [5.74, 6) is 1.67. The smallest absolute Gasteiger partial charge is 0.298 e. The molecule has 0 radical (unpaired) electrons. The van der Waals surface area contributed by atoms with Crippen molar-refractivity contribution in [3.63, 3.8) is 0 Å². The summed E-state index contributed by atoms with van der Waals surface area (Å²) in [4.78, 5) is 26.6. The number of hydrogen-bond acceptors (Lipinski definition) is 8. The second-order valence-corrected chi connectivity index (χ2v) is 6.35. The van der Waals surface area contributed by atoms with E-state index >= 15 is 0 Å². The maximum atomic E-state index is 10.7. The summed E-state index contributed by atoms with van der Waals surface area (Å²) in [5.41, 5.74) is 2.58. The molecule has 1 aliphatic heterocycles. The Balaban J connectivity index is 1.74. The van der Waals surface area contributed by atoms with Gasteiger partial charge in [-0.25, -0.2) is 15.0 Å². The lowest BCUT2D eigenvalue weighted by Gasteiger charge is -2.27. The van der Waals surface area contributed by atoms with Gasteiger partial charge in [0, 0.05) is 24.8 Å². The van der Waals surface area contributed by atoms with E-state index in [9.17, 15) is 4.79 Å². The Morgan fingerprint density at radius 2 is 2.00 bits per heavy atom. The van der Waals surface area contributed by atoms with Crippen LogP contribution in [0.15, 0.2) is 47.0 Å². The van der Waals surface area contributed by atoms with Crippen LogP contribution in [-0.2, 0) is 9.53 Å². The van der Waals surface area contributed by atoms with Gasteiger partial charge < -0.3 is 18.8 Å². The van der Waals surface area contributed by atoms with Crippen molar-refractivity contribution in [2.45, 2.75) is 0 Å². The summed E-state index contributed by atoms with van der Waals surface area (Å²) in [6, 6.07) is 10.9. The predicted molar refractivity (Wildman–Crippen MR) is 102 cm³/mol. The van der Waals surface area contributed by atoms with E-state index in [0.29, 0.717) is 67.0 Å². The molecule has 4 heterocycles. The van der Waals surface area contributed by atoms with Crippen LogP contribution in [-0.4, -0.2) is 47.7 Å². The van der Waals surface area contributed by atoms with Gasteiger partial charge >= 0.3 is 0 Å². The highest BCUT2D eigenvalue weighted by Gasteiger charge is 2.22. The van der Waals surface area contributed by atoms with Crippen LogP contribution in [0.1, 0.15) is 0 Å². The van der Waals surface area contributed by atoms with Gasteiger partial charge in [0.25, 0.3) is 6.47 Å². The van der Waals surface area contributed by atoms with Gasteiger partial charge in [-0.05, 0) is 24.3 Å². The molecule has 0 atom stereocenters. The van der Waals surface area contributed by atoms with Gasteiger partial charge in [-0.2, -0.15) is 0 Å². The Morgan fingerprint density at radius 1 is 1.11 bits per heavy atom. The summed E-state index contributed by atoms with van der Waals surface area (Å²) in [6.45, 7) is 3.08. The van der Waals surface area contributed by atoms with Gasteiger partial charge in [0.2, 0.25) is 5.71 Å². The lowest BCUT2D eigenvalue weighted by molar-refractivity contribution is -0.120. The molecule has 1 saturated heterocycles. The van der Waals surface area contributed by atoms with E-state index in [0.717, 1.165) is 10.9 Å². The second kappa shape index (κ2) is 6.90. The van der Waals surface area contributed by atoms with Crippen molar-refractivity contribution in [3.8, 4) is 17.1 Å². The zero-order chi connectivity index (χ0) is 18.9. The molecule has 140 valence electrons. The molecular formula is C20H16N4O4. The molecule has 8 heteroatoms. The molecule has 0 saturated carbocycles. The van der Waals surface area contributed by atoms with Crippen molar-refractivity contribution in [3.05, 3.63) is 42.6 Å². The van der Waals surface area contributed by atoms with Crippen molar-refractivity contribution in [1.82, 2.24) is 15.0 Å². The first kappa shape index (κ1) is 16.6. The molecule has 1 aliphatic rings. The number of fused-ring (bicyclic) bond motifs is 3. The third-order valence-corrected chi connectivity index (χ3v) is 4.66. The number of carbonyl (C=O) groups excluding carboxylic acids is 1. The number of carbonyl (C=O) groups is 1. The van der Waals surface area contributed by atoms with Gasteiger partial charge in [0.1, 0.15) is 11.3 Å². The number of furan rings is 1. The molecule has 0 unspecified atom stereocenters. The normalized spacial score (nSPS) is 14.5. The van der Waals surface area contributed by atoms with Crippen molar-refractivity contribution >= 4 is 34.5 Å². The first-order valence-electron chi connectivity index (χ1n) is 8.92. The number of rotatable bonds is 4. The monoisotopic (exact) mass is 376 g/mol. The molecule has 0 N–H and O–H groups in total. The summed E-state index contributed by atoms with van der Waals surface area (Å²) >= 11 is 0. The van der Waals surface area contributed by atoms with Crippen molar-refractivity contribution in [2.75, 3.05) is 31.2 Å². The zero-order valence-electron chi connectivity index (χ0n) is 14.9. The quantitative estimate of drug-likeness (QED) is 0.502. The van der Waals surface area contributed by atoms with Gasteiger partial charge in [0.05, 0.1) is 18.6 Å². The zero-order valence-corrected chi connectivity index (χ0v) is 14.9. The number of pyridine rings is 1. The van der Waals surface area contributed by atoms with E-state index in [1.807, 2.05) is 18.2 Å². The largest absolute Gasteiger partial charge is 0.432 e. The maximum Gasteiger partial charge on any atom is 0.298 e. The highest BCUT2D eigenvalue weighted by molar-refractivity contribution is 6.05. The molecule has 0 amide bonds. The van der Waals surface area contributed by atoms with E-state index < -0.39 is 0 Å². The summed E-state index contributed by atoms with van der Waals surface area (Å²) in [7, 11) is 0. The molecule has 0 aliphatic carbocycles. The third-order valence-electron chi connectivity index (χ3n) is 4.66. The van der Waals surface area contributed by atoms with Crippen LogP contribution in [0.25, 0.3) is 33.6 Å². The summed E-state index contributed by atoms with van der Waals surface area (Å²) < 4.78 is 16.4. The lowest BCUT2D eigenvalue weighted by atomic mass is 10.2. The first-order valence-corrected chi connectivity index (χ1v) is 8.92. The van der Waals surface area contributed by atoms with Gasteiger partial charge in [-0.15, -0.1) is 0 Å². The second-order valence-electron chi connectivity index (χ2n) is 6.35. The molecular weight excluding hydrogens is 360 g/mol. The minimum atomic E-state index is 0.400. The SMILES string of the molecule is O=COc1cccc(-c2nc(N3CCOCC3)c3oc4ncccc4c3n2)c1. The van der Waals surface area contributed by atoms with Crippen molar-refractivity contribution in [2.24, 2.45) is 0 Å². The Labute approximate surface area is 159 Å². The van der Waals surface area contributed by atoms with Crippen LogP contribution in [0.3, 0.4) is 0 Å². The first-order chi connectivity index (χ1) is 13.8. The Hall–Kier alpha value is -3.52. The van der Waals surface area contributed by atoms with Crippen LogP contribution < -0.4 is 9.64 Å².